The summed E-state index contributed by atoms with van der Waals surface area (Å²) in [5, 5.41) is 14.2. The van der Waals surface area contributed by atoms with Crippen LogP contribution in [0.3, 0.4) is 0 Å². The summed E-state index contributed by atoms with van der Waals surface area (Å²) in [5.41, 5.74) is -0.0191. The van der Waals surface area contributed by atoms with E-state index in [1.165, 1.54) is 24.4 Å². The number of nitrogens with zero attached hydrogens (tertiary/aromatic N) is 2. The van der Waals surface area contributed by atoms with Crippen LogP contribution in [0.1, 0.15) is 12.1 Å². The van der Waals surface area contributed by atoms with E-state index in [9.17, 15) is 18.5 Å². The average molecular weight is 378 g/mol. The Hall–Kier alpha value is -2.56. The first-order chi connectivity index (χ1) is 12.5. The molecule has 2 aromatic rings. The monoisotopic (exact) mass is 378 g/mol. The molecular formula is C16H18N4O5S. The van der Waals surface area contributed by atoms with E-state index in [0.717, 1.165) is 25.6 Å². The normalized spacial score (nSPS) is 17.2. The molecular weight excluding hydrogens is 360 g/mol. The van der Waals surface area contributed by atoms with Gasteiger partial charge < -0.3 is 10.1 Å². The van der Waals surface area contributed by atoms with Crippen molar-refractivity contribution in [1.82, 2.24) is 15.0 Å². The molecule has 1 aromatic carbocycles. The maximum atomic E-state index is 12.4. The third-order valence-electron chi connectivity index (χ3n) is 3.90. The van der Waals surface area contributed by atoms with Crippen LogP contribution < -0.4 is 14.8 Å². The van der Waals surface area contributed by atoms with E-state index in [2.05, 4.69) is 15.0 Å². The number of aromatic nitrogens is 1. The summed E-state index contributed by atoms with van der Waals surface area (Å²) in [7, 11) is -4.05. The smallest absolute Gasteiger partial charge is 0.289 e. The number of pyridine rings is 1. The van der Waals surface area contributed by atoms with Gasteiger partial charge in [-0.2, -0.15) is 0 Å². The molecule has 0 radical (unpaired) electrons. The molecule has 3 rings (SSSR count). The van der Waals surface area contributed by atoms with Gasteiger partial charge in [-0.3, -0.25) is 15.1 Å². The SMILES string of the molecule is O=[N+]([O-])c1ccccc1S(=O)(=O)NCc1cc(OC2CCNC2)ccn1. The van der Waals surface area contributed by atoms with E-state index >= 15 is 0 Å². The molecule has 1 aromatic heterocycles. The average Bonchev–Trinajstić information content (AvgIpc) is 3.13. The maximum Gasteiger partial charge on any atom is 0.289 e. The molecule has 1 aliphatic heterocycles. The van der Waals surface area contributed by atoms with E-state index in [-0.39, 0.29) is 17.5 Å². The molecule has 1 saturated heterocycles. The summed E-state index contributed by atoms with van der Waals surface area (Å²) in [6, 6.07) is 8.55. The lowest BCUT2D eigenvalue weighted by molar-refractivity contribution is -0.387. The van der Waals surface area contributed by atoms with Gasteiger partial charge in [-0.05, 0) is 25.1 Å². The zero-order valence-electron chi connectivity index (χ0n) is 13.8. The van der Waals surface area contributed by atoms with Crippen molar-refractivity contribution < 1.29 is 18.1 Å². The van der Waals surface area contributed by atoms with Crippen LogP contribution in [0.2, 0.25) is 0 Å². The van der Waals surface area contributed by atoms with E-state index in [4.69, 9.17) is 4.74 Å². The summed E-state index contributed by atoms with van der Waals surface area (Å²) in [6.45, 7) is 1.56. The third-order valence-corrected chi connectivity index (χ3v) is 5.35. The Kier molecular flexibility index (Phi) is 5.45. The summed E-state index contributed by atoms with van der Waals surface area (Å²) in [4.78, 5) is 14.0. The quantitative estimate of drug-likeness (QED) is 0.548. The van der Waals surface area contributed by atoms with Gasteiger partial charge in [0.2, 0.25) is 10.0 Å². The molecule has 2 heterocycles. The van der Waals surface area contributed by atoms with Crippen molar-refractivity contribution in [3.05, 3.63) is 58.4 Å². The van der Waals surface area contributed by atoms with Crippen molar-refractivity contribution in [2.45, 2.75) is 24.0 Å². The van der Waals surface area contributed by atoms with Crippen LogP contribution in [-0.4, -0.2) is 37.5 Å². The Bertz CT molecular complexity index is 897. The van der Waals surface area contributed by atoms with Crippen molar-refractivity contribution in [2.24, 2.45) is 0 Å². The maximum absolute atomic E-state index is 12.4. The number of hydrogen-bond acceptors (Lipinski definition) is 7. The summed E-state index contributed by atoms with van der Waals surface area (Å²) in [5.74, 6) is 0.605. The van der Waals surface area contributed by atoms with Crippen LogP contribution in [0, 0.1) is 10.1 Å². The first-order valence-corrected chi connectivity index (χ1v) is 9.49. The van der Waals surface area contributed by atoms with Crippen molar-refractivity contribution in [3.63, 3.8) is 0 Å². The van der Waals surface area contributed by atoms with E-state index in [0.29, 0.717) is 11.4 Å². The number of ether oxygens (including phenoxy) is 1. The van der Waals surface area contributed by atoms with Crippen LogP contribution >= 0.6 is 0 Å². The number of nitro benzene ring substituents is 1. The second kappa shape index (κ2) is 7.77. The molecule has 138 valence electrons. The highest BCUT2D eigenvalue weighted by molar-refractivity contribution is 7.89. The first-order valence-electron chi connectivity index (χ1n) is 8.01. The van der Waals surface area contributed by atoms with Crippen LogP contribution in [0.5, 0.6) is 5.75 Å². The lowest BCUT2D eigenvalue weighted by Crippen LogP contribution is -2.24. The van der Waals surface area contributed by atoms with Crippen molar-refractivity contribution in [2.75, 3.05) is 13.1 Å². The van der Waals surface area contributed by atoms with Gasteiger partial charge in [0.25, 0.3) is 5.69 Å². The number of para-hydroxylation sites is 1. The second-order valence-corrected chi connectivity index (χ2v) is 7.50. The lowest BCUT2D eigenvalue weighted by Gasteiger charge is -2.13. The highest BCUT2D eigenvalue weighted by Crippen LogP contribution is 2.23. The zero-order chi connectivity index (χ0) is 18.6. The van der Waals surface area contributed by atoms with Crippen molar-refractivity contribution >= 4 is 15.7 Å². The lowest BCUT2D eigenvalue weighted by atomic mass is 10.3. The molecule has 1 aliphatic rings. The third kappa shape index (κ3) is 4.34. The molecule has 0 aliphatic carbocycles. The second-order valence-electron chi connectivity index (χ2n) is 5.76. The fraction of sp³-hybridized carbons (Fsp3) is 0.312. The summed E-state index contributed by atoms with van der Waals surface area (Å²) < 4.78 is 33.0. The van der Waals surface area contributed by atoms with Gasteiger partial charge in [0, 0.05) is 24.9 Å². The number of sulfonamides is 1. The molecule has 26 heavy (non-hydrogen) atoms. The van der Waals surface area contributed by atoms with Gasteiger partial charge in [0.1, 0.15) is 11.9 Å². The Morgan fingerprint density at radius 3 is 2.88 bits per heavy atom. The Morgan fingerprint density at radius 2 is 2.15 bits per heavy atom. The molecule has 0 saturated carbocycles. The number of rotatable bonds is 7. The Balaban J connectivity index is 1.71. The fourth-order valence-corrected chi connectivity index (χ4v) is 3.80. The minimum atomic E-state index is -4.05. The van der Waals surface area contributed by atoms with Gasteiger partial charge in [0.05, 0.1) is 17.2 Å². The predicted molar refractivity (Wildman–Crippen MR) is 93.3 cm³/mol. The minimum Gasteiger partial charge on any atom is -0.489 e. The number of nitro groups is 1. The topological polar surface area (TPSA) is 123 Å². The van der Waals surface area contributed by atoms with Crippen LogP contribution in [-0.2, 0) is 16.6 Å². The molecule has 0 spiro atoms. The van der Waals surface area contributed by atoms with Crippen LogP contribution in [0.15, 0.2) is 47.5 Å². The van der Waals surface area contributed by atoms with Crippen molar-refractivity contribution in [1.29, 1.82) is 0 Å². The van der Waals surface area contributed by atoms with Crippen LogP contribution in [0.4, 0.5) is 5.69 Å². The highest BCUT2D eigenvalue weighted by atomic mass is 32.2. The molecule has 1 fully saturated rings. The minimum absolute atomic E-state index is 0.0777. The van der Waals surface area contributed by atoms with E-state index < -0.39 is 20.6 Å². The zero-order valence-corrected chi connectivity index (χ0v) is 14.6. The number of nitrogens with one attached hydrogen (secondary N) is 2. The van der Waals surface area contributed by atoms with E-state index in [1.54, 1.807) is 12.1 Å². The molecule has 0 amide bonds. The Labute approximate surface area is 150 Å². The number of hydrogen-bond donors (Lipinski definition) is 2. The fourth-order valence-electron chi connectivity index (χ4n) is 2.63. The first kappa shape index (κ1) is 18.2. The van der Waals surface area contributed by atoms with Crippen LogP contribution in [0.25, 0.3) is 0 Å². The van der Waals surface area contributed by atoms with Gasteiger partial charge in [-0.1, -0.05) is 12.1 Å². The highest BCUT2D eigenvalue weighted by Gasteiger charge is 2.25. The standard InChI is InChI=1S/C16H18N4O5S/c21-20(22)15-3-1-2-4-16(15)26(23,24)19-10-12-9-13(6-8-18-12)25-14-5-7-17-11-14/h1-4,6,8-9,14,17,19H,5,7,10-11H2. The molecule has 1 atom stereocenters. The number of benzene rings is 1. The van der Waals surface area contributed by atoms with Gasteiger partial charge in [0.15, 0.2) is 4.90 Å². The molecule has 2 N–H and O–H groups in total. The predicted octanol–water partition coefficient (Wildman–Crippen LogP) is 1.21. The summed E-state index contributed by atoms with van der Waals surface area (Å²) in [6.07, 6.45) is 2.52. The molecule has 10 heteroatoms. The summed E-state index contributed by atoms with van der Waals surface area (Å²) >= 11 is 0. The van der Waals surface area contributed by atoms with Gasteiger partial charge in [-0.25, -0.2) is 13.1 Å². The Morgan fingerprint density at radius 1 is 1.35 bits per heavy atom. The van der Waals surface area contributed by atoms with Gasteiger partial charge in [-0.15, -0.1) is 0 Å². The van der Waals surface area contributed by atoms with Gasteiger partial charge >= 0.3 is 0 Å². The molecule has 9 nitrogen and oxygen atoms in total. The molecule has 1 unspecified atom stereocenters. The molecule has 0 bridgehead atoms. The van der Waals surface area contributed by atoms with Crippen molar-refractivity contribution in [3.8, 4) is 5.75 Å². The van der Waals surface area contributed by atoms with E-state index in [1.807, 2.05) is 0 Å². The largest absolute Gasteiger partial charge is 0.489 e.